The van der Waals surface area contributed by atoms with Crippen molar-refractivity contribution in [1.29, 1.82) is 0 Å². The molecule has 0 bridgehead atoms. The molecule has 0 aromatic heterocycles. The van der Waals surface area contributed by atoms with E-state index in [1.807, 2.05) is 12.1 Å². The van der Waals surface area contributed by atoms with Crippen molar-refractivity contribution < 1.29 is 0 Å². The van der Waals surface area contributed by atoms with E-state index < -0.39 is 0 Å². The predicted molar refractivity (Wildman–Crippen MR) is 71.6 cm³/mol. The topological polar surface area (TPSA) is 29.3 Å². The maximum Gasteiger partial charge on any atom is 0.0462 e. The van der Waals surface area contributed by atoms with E-state index in [1.54, 1.807) is 0 Å². The van der Waals surface area contributed by atoms with Crippen molar-refractivity contribution in [1.82, 2.24) is 4.90 Å². The van der Waals surface area contributed by atoms with Crippen LogP contribution in [0.3, 0.4) is 0 Å². The zero-order chi connectivity index (χ0) is 11.5. The quantitative estimate of drug-likeness (QED) is 0.910. The van der Waals surface area contributed by atoms with Gasteiger partial charge in [0.1, 0.15) is 0 Å². The maximum atomic E-state index is 6.20. The molecule has 2 nitrogen and oxygen atoms in total. The van der Waals surface area contributed by atoms with Crippen LogP contribution in [0.2, 0.25) is 5.02 Å². The Labute approximate surface area is 110 Å². The van der Waals surface area contributed by atoms with Gasteiger partial charge in [-0.15, -0.1) is 0 Å². The molecular formula is C12H16BrClN2. The number of halogens is 2. The van der Waals surface area contributed by atoms with Crippen LogP contribution in [0.15, 0.2) is 22.7 Å². The first-order chi connectivity index (χ1) is 7.65. The van der Waals surface area contributed by atoms with Crippen LogP contribution >= 0.6 is 27.5 Å². The molecule has 0 aliphatic carbocycles. The van der Waals surface area contributed by atoms with Gasteiger partial charge in [-0.3, -0.25) is 4.90 Å². The number of rotatable bonds is 2. The zero-order valence-corrected chi connectivity index (χ0v) is 11.5. The number of nitrogens with two attached hydrogens (primary N) is 1. The molecule has 1 aromatic carbocycles. The molecule has 1 aliphatic heterocycles. The number of piperidine rings is 1. The third-order valence-electron chi connectivity index (χ3n) is 2.95. The van der Waals surface area contributed by atoms with Gasteiger partial charge in [0.2, 0.25) is 0 Å². The van der Waals surface area contributed by atoms with Crippen LogP contribution in [0.25, 0.3) is 0 Å². The Balaban J connectivity index is 2.02. The second kappa shape index (κ2) is 5.50. The van der Waals surface area contributed by atoms with Crippen molar-refractivity contribution in [3.63, 3.8) is 0 Å². The highest BCUT2D eigenvalue weighted by Gasteiger charge is 2.17. The first-order valence-corrected chi connectivity index (χ1v) is 6.74. The lowest BCUT2D eigenvalue weighted by molar-refractivity contribution is 0.201. The Morgan fingerprint density at radius 2 is 2.31 bits per heavy atom. The number of benzene rings is 1. The lowest BCUT2D eigenvalue weighted by atomic mass is 10.1. The van der Waals surface area contributed by atoms with Crippen molar-refractivity contribution in [2.45, 2.75) is 25.4 Å². The van der Waals surface area contributed by atoms with E-state index in [9.17, 15) is 0 Å². The van der Waals surface area contributed by atoms with Gasteiger partial charge in [-0.1, -0.05) is 33.6 Å². The first-order valence-electron chi connectivity index (χ1n) is 5.57. The molecule has 0 amide bonds. The fourth-order valence-electron chi connectivity index (χ4n) is 2.13. The first kappa shape index (κ1) is 12.4. The minimum absolute atomic E-state index is 0.322. The van der Waals surface area contributed by atoms with E-state index >= 15 is 0 Å². The van der Waals surface area contributed by atoms with Crippen LogP contribution in [-0.2, 0) is 6.54 Å². The van der Waals surface area contributed by atoms with Gasteiger partial charge in [-0.25, -0.2) is 0 Å². The summed E-state index contributed by atoms with van der Waals surface area (Å²) < 4.78 is 1.02. The summed E-state index contributed by atoms with van der Waals surface area (Å²) in [6.07, 6.45) is 2.33. The molecule has 0 radical (unpaired) electrons. The highest BCUT2D eigenvalue weighted by atomic mass is 79.9. The number of hydrogen-bond acceptors (Lipinski definition) is 2. The molecule has 1 aromatic rings. The number of hydrogen-bond donors (Lipinski definition) is 1. The molecule has 1 fully saturated rings. The van der Waals surface area contributed by atoms with Crippen molar-refractivity contribution in [3.05, 3.63) is 33.3 Å². The number of likely N-dealkylation sites (tertiary alicyclic amines) is 1. The lowest BCUT2D eigenvalue weighted by Crippen LogP contribution is -2.42. The molecule has 1 heterocycles. The van der Waals surface area contributed by atoms with Crippen LogP contribution in [0.5, 0.6) is 0 Å². The van der Waals surface area contributed by atoms with Crippen LogP contribution in [0.4, 0.5) is 0 Å². The van der Waals surface area contributed by atoms with E-state index in [-0.39, 0.29) is 0 Å². The van der Waals surface area contributed by atoms with Crippen LogP contribution in [-0.4, -0.2) is 24.0 Å². The minimum Gasteiger partial charge on any atom is -0.327 e. The predicted octanol–water partition coefficient (Wildman–Crippen LogP) is 3.03. The molecule has 0 saturated carbocycles. The van der Waals surface area contributed by atoms with Crippen LogP contribution in [0, 0.1) is 0 Å². The summed E-state index contributed by atoms with van der Waals surface area (Å²) in [5.41, 5.74) is 7.14. The van der Waals surface area contributed by atoms with Gasteiger partial charge in [0.15, 0.2) is 0 Å². The monoisotopic (exact) mass is 302 g/mol. The molecule has 2 rings (SSSR count). The largest absolute Gasteiger partial charge is 0.327 e. The Morgan fingerprint density at radius 3 is 3.00 bits per heavy atom. The van der Waals surface area contributed by atoms with E-state index in [0.29, 0.717) is 6.04 Å². The Hall–Kier alpha value is -0.0900. The fraction of sp³-hybridized carbons (Fsp3) is 0.500. The summed E-state index contributed by atoms with van der Waals surface area (Å²) in [6, 6.07) is 6.38. The van der Waals surface area contributed by atoms with Gasteiger partial charge in [0.25, 0.3) is 0 Å². The molecule has 2 N–H and O–H groups in total. The van der Waals surface area contributed by atoms with Gasteiger partial charge >= 0.3 is 0 Å². The Morgan fingerprint density at radius 1 is 1.50 bits per heavy atom. The second-order valence-electron chi connectivity index (χ2n) is 4.37. The second-order valence-corrected chi connectivity index (χ2v) is 5.70. The van der Waals surface area contributed by atoms with Crippen LogP contribution < -0.4 is 5.73 Å². The molecule has 16 heavy (non-hydrogen) atoms. The van der Waals surface area contributed by atoms with E-state index in [0.717, 1.165) is 35.6 Å². The minimum atomic E-state index is 0.322. The SMILES string of the molecule is NC1CCCN(Cc2ccc(Br)cc2Cl)C1. The molecule has 1 atom stereocenters. The van der Waals surface area contributed by atoms with Crippen molar-refractivity contribution in [2.75, 3.05) is 13.1 Å². The molecule has 1 aliphatic rings. The summed E-state index contributed by atoms with van der Waals surface area (Å²) in [5.74, 6) is 0. The van der Waals surface area contributed by atoms with E-state index in [1.165, 1.54) is 12.0 Å². The Kier molecular flexibility index (Phi) is 4.25. The molecule has 1 saturated heterocycles. The molecular weight excluding hydrogens is 288 g/mol. The summed E-state index contributed by atoms with van der Waals surface area (Å²) >= 11 is 9.61. The highest BCUT2D eigenvalue weighted by Crippen LogP contribution is 2.23. The van der Waals surface area contributed by atoms with Crippen molar-refractivity contribution in [3.8, 4) is 0 Å². The van der Waals surface area contributed by atoms with Gasteiger partial charge < -0.3 is 5.73 Å². The zero-order valence-electron chi connectivity index (χ0n) is 9.13. The number of nitrogens with zero attached hydrogens (tertiary/aromatic N) is 1. The average Bonchev–Trinajstić information content (AvgIpc) is 2.22. The maximum absolute atomic E-state index is 6.20. The summed E-state index contributed by atoms with van der Waals surface area (Å²) in [5, 5.41) is 0.827. The summed E-state index contributed by atoms with van der Waals surface area (Å²) in [7, 11) is 0. The average molecular weight is 304 g/mol. The van der Waals surface area contributed by atoms with Gasteiger partial charge in [0.05, 0.1) is 0 Å². The van der Waals surface area contributed by atoms with E-state index in [2.05, 4.69) is 26.9 Å². The summed E-state index contributed by atoms with van der Waals surface area (Å²) in [4.78, 5) is 2.38. The fourth-order valence-corrected chi connectivity index (χ4v) is 2.86. The van der Waals surface area contributed by atoms with Gasteiger partial charge in [0, 0.05) is 28.6 Å². The summed E-state index contributed by atoms with van der Waals surface area (Å²) in [6.45, 7) is 3.01. The highest BCUT2D eigenvalue weighted by molar-refractivity contribution is 9.10. The van der Waals surface area contributed by atoms with E-state index in [4.69, 9.17) is 17.3 Å². The smallest absolute Gasteiger partial charge is 0.0462 e. The third-order valence-corrected chi connectivity index (χ3v) is 3.80. The molecule has 4 heteroatoms. The molecule has 88 valence electrons. The van der Waals surface area contributed by atoms with Crippen molar-refractivity contribution in [2.24, 2.45) is 5.73 Å². The molecule has 1 unspecified atom stereocenters. The molecule has 0 spiro atoms. The normalized spacial score (nSPS) is 22.3. The van der Waals surface area contributed by atoms with Gasteiger partial charge in [-0.05, 0) is 37.1 Å². The van der Waals surface area contributed by atoms with Crippen molar-refractivity contribution >= 4 is 27.5 Å². The lowest BCUT2D eigenvalue weighted by Gasteiger charge is -2.30. The third kappa shape index (κ3) is 3.20. The van der Waals surface area contributed by atoms with Crippen LogP contribution in [0.1, 0.15) is 18.4 Å². The standard InChI is InChI=1S/C12H16BrClN2/c13-10-4-3-9(12(14)6-10)7-16-5-1-2-11(15)8-16/h3-4,6,11H,1-2,5,7-8,15H2. The van der Waals surface area contributed by atoms with Gasteiger partial charge in [-0.2, -0.15) is 0 Å². The Bertz CT molecular complexity index is 370.